The second-order valence-corrected chi connectivity index (χ2v) is 5.79. The summed E-state index contributed by atoms with van der Waals surface area (Å²) in [5.41, 5.74) is 6.61. The third kappa shape index (κ3) is 2.77. The molecule has 1 aliphatic heterocycles. The lowest BCUT2D eigenvalue weighted by Crippen LogP contribution is -2.27. The van der Waals surface area contributed by atoms with Crippen LogP contribution in [0.25, 0.3) is 5.65 Å². The fourth-order valence-electron chi connectivity index (χ4n) is 2.97. The maximum absolute atomic E-state index is 9.01. The summed E-state index contributed by atoms with van der Waals surface area (Å²) in [4.78, 5) is 19.2. The van der Waals surface area contributed by atoms with Gasteiger partial charge in [0.05, 0.1) is 13.3 Å². The largest absolute Gasteiger partial charge is 0.480 e. The van der Waals surface area contributed by atoms with Gasteiger partial charge in [0, 0.05) is 31.5 Å². The van der Waals surface area contributed by atoms with Crippen LogP contribution >= 0.6 is 0 Å². The molecule has 1 saturated heterocycles. The van der Waals surface area contributed by atoms with Crippen LogP contribution in [0.5, 0.6) is 5.88 Å². The standard InChI is InChI=1S/C15H16N10O/c1-26-13-9(6-16)7-19-15(22-13)20-10-2-4-24(8-10)11-12-21-14(17)23-25(12)5-3-18-11/h3,5,7,10H,2,4,8H2,1H3,(H2,17,23)(H,19,20,22). The topological polar surface area (TPSA) is 143 Å². The minimum atomic E-state index is 0.120. The van der Waals surface area contributed by atoms with Crippen LogP contribution in [-0.2, 0) is 0 Å². The Kier molecular flexibility index (Phi) is 3.85. The van der Waals surface area contributed by atoms with Crippen molar-refractivity contribution in [2.75, 3.05) is 36.1 Å². The number of nitriles is 1. The Labute approximate surface area is 148 Å². The first-order valence-corrected chi connectivity index (χ1v) is 7.97. The molecular formula is C15H16N10O. The zero-order valence-corrected chi connectivity index (χ0v) is 14.0. The van der Waals surface area contributed by atoms with Crippen molar-refractivity contribution in [2.24, 2.45) is 0 Å². The summed E-state index contributed by atoms with van der Waals surface area (Å²) in [5.74, 6) is 1.63. The number of anilines is 3. The van der Waals surface area contributed by atoms with Crippen LogP contribution in [0.2, 0.25) is 0 Å². The number of hydrogen-bond acceptors (Lipinski definition) is 10. The first kappa shape index (κ1) is 15.8. The average molecular weight is 352 g/mol. The molecule has 0 spiro atoms. The number of hydrogen-bond donors (Lipinski definition) is 2. The highest BCUT2D eigenvalue weighted by Crippen LogP contribution is 2.24. The summed E-state index contributed by atoms with van der Waals surface area (Å²) in [5, 5.41) is 16.4. The molecule has 3 N–H and O–H groups in total. The van der Waals surface area contributed by atoms with Crippen LogP contribution in [0.3, 0.4) is 0 Å². The Bertz CT molecular complexity index is 994. The van der Waals surface area contributed by atoms with Crippen molar-refractivity contribution in [3.63, 3.8) is 0 Å². The Balaban J connectivity index is 1.51. The number of nitrogens with zero attached hydrogens (tertiary/aromatic N) is 8. The van der Waals surface area contributed by atoms with Crippen molar-refractivity contribution in [1.29, 1.82) is 5.26 Å². The molecule has 11 heteroatoms. The minimum absolute atomic E-state index is 0.120. The van der Waals surface area contributed by atoms with Crippen LogP contribution in [0, 0.1) is 11.3 Å². The van der Waals surface area contributed by atoms with Gasteiger partial charge in [0.1, 0.15) is 11.6 Å². The molecule has 0 radical (unpaired) electrons. The highest BCUT2D eigenvalue weighted by Gasteiger charge is 2.26. The summed E-state index contributed by atoms with van der Waals surface area (Å²) >= 11 is 0. The summed E-state index contributed by atoms with van der Waals surface area (Å²) in [7, 11) is 1.47. The van der Waals surface area contributed by atoms with Crippen molar-refractivity contribution in [1.82, 2.24) is 29.5 Å². The van der Waals surface area contributed by atoms with E-state index in [2.05, 4.69) is 35.3 Å². The molecule has 26 heavy (non-hydrogen) atoms. The van der Waals surface area contributed by atoms with Gasteiger partial charge in [-0.3, -0.25) is 0 Å². The van der Waals surface area contributed by atoms with Crippen LogP contribution in [-0.4, -0.2) is 55.8 Å². The number of nitrogen functional groups attached to an aromatic ring is 1. The van der Waals surface area contributed by atoms with Crippen LogP contribution in [0.15, 0.2) is 18.6 Å². The molecule has 3 aromatic heterocycles. The molecule has 1 fully saturated rings. The Morgan fingerprint density at radius 3 is 3.08 bits per heavy atom. The van der Waals surface area contributed by atoms with E-state index in [4.69, 9.17) is 15.7 Å². The van der Waals surface area contributed by atoms with E-state index in [-0.39, 0.29) is 17.9 Å². The predicted octanol–water partition coefficient (Wildman–Crippen LogP) is 0.0676. The summed E-state index contributed by atoms with van der Waals surface area (Å²) < 4.78 is 6.74. The average Bonchev–Trinajstić information content (AvgIpc) is 3.26. The van der Waals surface area contributed by atoms with Crippen molar-refractivity contribution in [2.45, 2.75) is 12.5 Å². The first-order chi connectivity index (χ1) is 12.7. The Hall–Kier alpha value is -3.68. The normalized spacial score (nSPS) is 16.6. The zero-order chi connectivity index (χ0) is 18.1. The lowest BCUT2D eigenvalue weighted by Gasteiger charge is -2.18. The van der Waals surface area contributed by atoms with E-state index in [9.17, 15) is 0 Å². The van der Waals surface area contributed by atoms with Crippen LogP contribution in [0.4, 0.5) is 17.7 Å². The van der Waals surface area contributed by atoms with Crippen LogP contribution < -0.4 is 20.7 Å². The van der Waals surface area contributed by atoms with Gasteiger partial charge >= 0.3 is 0 Å². The molecule has 0 amide bonds. The lowest BCUT2D eigenvalue weighted by molar-refractivity contribution is 0.396. The molecule has 1 aliphatic rings. The van der Waals surface area contributed by atoms with Gasteiger partial charge in [-0.2, -0.15) is 15.2 Å². The number of aromatic nitrogens is 6. The number of ether oxygens (including phenoxy) is 1. The molecule has 0 aromatic carbocycles. The molecular weight excluding hydrogens is 336 g/mol. The van der Waals surface area contributed by atoms with E-state index in [0.29, 0.717) is 23.7 Å². The number of nitrogens with one attached hydrogen (secondary N) is 1. The lowest BCUT2D eigenvalue weighted by atomic mass is 10.3. The Morgan fingerprint density at radius 1 is 1.38 bits per heavy atom. The smallest absolute Gasteiger partial charge is 0.240 e. The molecule has 3 aromatic rings. The maximum atomic E-state index is 9.01. The highest BCUT2D eigenvalue weighted by molar-refractivity contribution is 5.65. The molecule has 11 nitrogen and oxygen atoms in total. The molecule has 1 unspecified atom stereocenters. The highest BCUT2D eigenvalue weighted by atomic mass is 16.5. The van der Waals surface area contributed by atoms with Gasteiger partial charge in [-0.25, -0.2) is 14.5 Å². The molecule has 0 aliphatic carbocycles. The number of rotatable bonds is 4. The van der Waals surface area contributed by atoms with E-state index in [0.717, 1.165) is 18.8 Å². The van der Waals surface area contributed by atoms with Gasteiger partial charge in [-0.1, -0.05) is 0 Å². The molecule has 1 atom stereocenters. The molecule has 0 saturated carbocycles. The summed E-state index contributed by atoms with van der Waals surface area (Å²) in [6.07, 6.45) is 5.71. The van der Waals surface area contributed by atoms with Crippen molar-refractivity contribution >= 4 is 23.4 Å². The second kappa shape index (κ2) is 6.32. The van der Waals surface area contributed by atoms with Gasteiger partial charge in [-0.05, 0) is 6.42 Å². The fourth-order valence-corrected chi connectivity index (χ4v) is 2.97. The van der Waals surface area contributed by atoms with Gasteiger partial charge in [0.2, 0.25) is 17.8 Å². The number of nitrogens with two attached hydrogens (primary N) is 1. The monoisotopic (exact) mass is 352 g/mol. The second-order valence-electron chi connectivity index (χ2n) is 5.79. The van der Waals surface area contributed by atoms with Crippen molar-refractivity contribution in [3.8, 4) is 11.9 Å². The third-order valence-electron chi connectivity index (χ3n) is 4.14. The number of methoxy groups -OCH3 is 1. The molecule has 0 bridgehead atoms. The fraction of sp³-hybridized carbons (Fsp3) is 0.333. The van der Waals surface area contributed by atoms with E-state index in [1.165, 1.54) is 13.3 Å². The van der Waals surface area contributed by atoms with E-state index >= 15 is 0 Å². The van der Waals surface area contributed by atoms with Gasteiger partial charge < -0.3 is 20.7 Å². The van der Waals surface area contributed by atoms with Crippen molar-refractivity contribution in [3.05, 3.63) is 24.2 Å². The molecule has 4 rings (SSSR count). The van der Waals surface area contributed by atoms with Crippen LogP contribution in [0.1, 0.15) is 12.0 Å². The Morgan fingerprint density at radius 2 is 2.27 bits per heavy atom. The van der Waals surface area contributed by atoms with Gasteiger partial charge in [0.15, 0.2) is 11.5 Å². The predicted molar refractivity (Wildman–Crippen MR) is 92.7 cm³/mol. The summed E-state index contributed by atoms with van der Waals surface area (Å²) in [6, 6.07) is 2.12. The van der Waals surface area contributed by atoms with Gasteiger partial charge in [-0.15, -0.1) is 5.10 Å². The molecule has 132 valence electrons. The van der Waals surface area contributed by atoms with E-state index in [1.807, 2.05) is 6.07 Å². The minimum Gasteiger partial charge on any atom is -0.480 e. The maximum Gasteiger partial charge on any atom is 0.240 e. The van der Waals surface area contributed by atoms with Crippen molar-refractivity contribution < 1.29 is 4.74 Å². The first-order valence-electron chi connectivity index (χ1n) is 7.97. The quantitative estimate of drug-likeness (QED) is 0.661. The van der Waals surface area contributed by atoms with E-state index in [1.54, 1.807) is 16.9 Å². The van der Waals surface area contributed by atoms with E-state index < -0.39 is 0 Å². The molecule has 4 heterocycles. The number of fused-ring (bicyclic) bond motifs is 1. The van der Waals surface area contributed by atoms with Gasteiger partial charge in [0.25, 0.3) is 0 Å². The summed E-state index contributed by atoms with van der Waals surface area (Å²) in [6.45, 7) is 1.50. The SMILES string of the molecule is COc1nc(NC2CCN(c3nccn4nc(N)nc34)C2)ncc1C#N. The third-order valence-corrected chi connectivity index (χ3v) is 4.14. The zero-order valence-electron chi connectivity index (χ0n) is 14.0.